The van der Waals surface area contributed by atoms with Crippen molar-refractivity contribution in [3.63, 3.8) is 0 Å². The molecule has 0 saturated carbocycles. The lowest BCUT2D eigenvalue weighted by Crippen LogP contribution is -2.29. The van der Waals surface area contributed by atoms with Gasteiger partial charge in [0.2, 0.25) is 0 Å². The minimum atomic E-state index is 0.132. The first kappa shape index (κ1) is 13.4. The maximum absolute atomic E-state index is 8.60. The first-order chi connectivity index (χ1) is 6.70. The van der Waals surface area contributed by atoms with Crippen LogP contribution in [0.1, 0.15) is 52.9 Å². The summed E-state index contributed by atoms with van der Waals surface area (Å²) in [5.41, 5.74) is 0. The van der Waals surface area contributed by atoms with Crippen LogP contribution in [0.25, 0.3) is 0 Å². The van der Waals surface area contributed by atoms with E-state index >= 15 is 0 Å². The van der Waals surface area contributed by atoms with Gasteiger partial charge in [0.15, 0.2) is 0 Å². The highest BCUT2D eigenvalue weighted by atomic mass is 14.9. The van der Waals surface area contributed by atoms with Gasteiger partial charge in [0.25, 0.3) is 0 Å². The van der Waals surface area contributed by atoms with E-state index in [1.165, 1.54) is 32.1 Å². The number of nitriles is 1. The number of unbranched alkanes of at least 4 members (excludes halogenated alkanes) is 3. The predicted molar refractivity (Wildman–Crippen MR) is 61.0 cm³/mol. The molecule has 0 aromatic heterocycles. The Hall–Kier alpha value is -0.550. The zero-order chi connectivity index (χ0) is 10.8. The Morgan fingerprint density at radius 2 is 1.93 bits per heavy atom. The van der Waals surface area contributed by atoms with Gasteiger partial charge in [-0.2, -0.15) is 5.26 Å². The summed E-state index contributed by atoms with van der Waals surface area (Å²) in [6, 6.07) is 2.79. The Bertz CT molecular complexity index is 160. The molecule has 0 bridgehead atoms. The molecule has 0 heterocycles. The van der Waals surface area contributed by atoms with Crippen LogP contribution in [0.4, 0.5) is 0 Å². The number of rotatable bonds is 8. The minimum Gasteiger partial charge on any atom is -0.313 e. The van der Waals surface area contributed by atoms with Gasteiger partial charge in [-0.25, -0.2) is 0 Å². The first-order valence-corrected chi connectivity index (χ1v) is 5.83. The first-order valence-electron chi connectivity index (χ1n) is 5.83. The summed E-state index contributed by atoms with van der Waals surface area (Å²) in [5.74, 6) is 0.132. The van der Waals surface area contributed by atoms with Crippen molar-refractivity contribution in [2.75, 3.05) is 6.54 Å². The standard InChI is InChI=1S/C12H24N2/c1-4-5-6-7-8-12(3)14-10-11(2)9-13/h11-12,14H,4-8,10H2,1-3H3. The SMILES string of the molecule is CCCCCCC(C)NCC(C)C#N. The van der Waals surface area contributed by atoms with Gasteiger partial charge < -0.3 is 5.32 Å². The lowest BCUT2D eigenvalue weighted by Gasteiger charge is -2.14. The summed E-state index contributed by atoms with van der Waals surface area (Å²) < 4.78 is 0. The molecule has 0 radical (unpaired) electrons. The van der Waals surface area contributed by atoms with Crippen molar-refractivity contribution in [2.45, 2.75) is 58.9 Å². The van der Waals surface area contributed by atoms with E-state index in [1.807, 2.05) is 6.92 Å². The fraction of sp³-hybridized carbons (Fsp3) is 0.917. The Morgan fingerprint density at radius 3 is 2.50 bits per heavy atom. The summed E-state index contributed by atoms with van der Waals surface area (Å²) >= 11 is 0. The molecular formula is C12H24N2. The van der Waals surface area contributed by atoms with E-state index in [-0.39, 0.29) is 5.92 Å². The molecule has 2 unspecified atom stereocenters. The molecule has 0 rings (SSSR count). The molecule has 0 aliphatic heterocycles. The summed E-state index contributed by atoms with van der Waals surface area (Å²) in [6.07, 6.45) is 6.53. The number of nitrogens with one attached hydrogen (secondary N) is 1. The fourth-order valence-corrected chi connectivity index (χ4v) is 1.40. The second kappa shape index (κ2) is 9.02. The van der Waals surface area contributed by atoms with Gasteiger partial charge in [-0.15, -0.1) is 0 Å². The number of hydrogen-bond donors (Lipinski definition) is 1. The summed E-state index contributed by atoms with van der Waals surface area (Å²) in [6.45, 7) is 7.22. The van der Waals surface area contributed by atoms with Crippen LogP contribution in [0.15, 0.2) is 0 Å². The Balaban J connectivity index is 3.28. The second-order valence-electron chi connectivity index (χ2n) is 4.19. The van der Waals surface area contributed by atoms with Crippen molar-refractivity contribution in [3.05, 3.63) is 0 Å². The highest BCUT2D eigenvalue weighted by molar-refractivity contribution is 4.80. The van der Waals surface area contributed by atoms with E-state index < -0.39 is 0 Å². The average molecular weight is 196 g/mol. The smallest absolute Gasteiger partial charge is 0.0666 e. The lowest BCUT2D eigenvalue weighted by atomic mass is 10.1. The van der Waals surface area contributed by atoms with E-state index in [0.29, 0.717) is 6.04 Å². The van der Waals surface area contributed by atoms with Crippen LogP contribution in [-0.4, -0.2) is 12.6 Å². The quantitative estimate of drug-likeness (QED) is 0.605. The van der Waals surface area contributed by atoms with Crippen LogP contribution in [0, 0.1) is 17.2 Å². The van der Waals surface area contributed by atoms with E-state index in [0.717, 1.165) is 6.54 Å². The summed E-state index contributed by atoms with van der Waals surface area (Å²) in [7, 11) is 0. The van der Waals surface area contributed by atoms with Gasteiger partial charge in [0.05, 0.1) is 12.0 Å². The van der Waals surface area contributed by atoms with Gasteiger partial charge in [-0.05, 0) is 20.3 Å². The van der Waals surface area contributed by atoms with Crippen molar-refractivity contribution in [2.24, 2.45) is 5.92 Å². The fourth-order valence-electron chi connectivity index (χ4n) is 1.40. The van der Waals surface area contributed by atoms with Crippen molar-refractivity contribution in [3.8, 4) is 6.07 Å². The molecule has 2 heteroatoms. The predicted octanol–water partition coefficient (Wildman–Crippen LogP) is 3.09. The van der Waals surface area contributed by atoms with Gasteiger partial charge in [0.1, 0.15) is 0 Å². The van der Waals surface area contributed by atoms with Crippen molar-refractivity contribution < 1.29 is 0 Å². The third-order valence-corrected chi connectivity index (χ3v) is 2.48. The van der Waals surface area contributed by atoms with E-state index in [9.17, 15) is 0 Å². The molecule has 82 valence electrons. The highest BCUT2D eigenvalue weighted by Gasteiger charge is 2.03. The molecule has 2 nitrogen and oxygen atoms in total. The Labute approximate surface area is 88.7 Å². The zero-order valence-corrected chi connectivity index (χ0v) is 9.84. The molecule has 0 aliphatic rings. The molecule has 0 spiro atoms. The van der Waals surface area contributed by atoms with Crippen LogP contribution in [0.5, 0.6) is 0 Å². The second-order valence-corrected chi connectivity index (χ2v) is 4.19. The largest absolute Gasteiger partial charge is 0.313 e. The van der Waals surface area contributed by atoms with Crippen molar-refractivity contribution >= 4 is 0 Å². The van der Waals surface area contributed by atoms with Gasteiger partial charge in [-0.3, -0.25) is 0 Å². The van der Waals surface area contributed by atoms with Crippen LogP contribution >= 0.6 is 0 Å². The molecule has 2 atom stereocenters. The van der Waals surface area contributed by atoms with Crippen molar-refractivity contribution in [1.29, 1.82) is 5.26 Å². The van der Waals surface area contributed by atoms with Crippen LogP contribution in [-0.2, 0) is 0 Å². The maximum atomic E-state index is 8.60. The van der Waals surface area contributed by atoms with E-state index in [4.69, 9.17) is 5.26 Å². The molecule has 0 amide bonds. The lowest BCUT2D eigenvalue weighted by molar-refractivity contribution is 0.463. The molecule has 0 saturated heterocycles. The maximum Gasteiger partial charge on any atom is 0.0666 e. The summed E-state index contributed by atoms with van der Waals surface area (Å²) in [4.78, 5) is 0. The summed E-state index contributed by atoms with van der Waals surface area (Å²) in [5, 5.41) is 12.0. The Morgan fingerprint density at radius 1 is 1.21 bits per heavy atom. The number of hydrogen-bond acceptors (Lipinski definition) is 2. The monoisotopic (exact) mass is 196 g/mol. The van der Waals surface area contributed by atoms with Gasteiger partial charge >= 0.3 is 0 Å². The topological polar surface area (TPSA) is 35.8 Å². The molecule has 0 fully saturated rings. The minimum absolute atomic E-state index is 0.132. The van der Waals surface area contributed by atoms with E-state index in [2.05, 4.69) is 25.2 Å². The van der Waals surface area contributed by atoms with Gasteiger partial charge in [0, 0.05) is 12.6 Å². The third-order valence-electron chi connectivity index (χ3n) is 2.48. The van der Waals surface area contributed by atoms with Crippen LogP contribution in [0.2, 0.25) is 0 Å². The van der Waals surface area contributed by atoms with Crippen LogP contribution in [0.3, 0.4) is 0 Å². The highest BCUT2D eigenvalue weighted by Crippen LogP contribution is 2.05. The molecule has 0 aromatic carbocycles. The molecule has 0 aliphatic carbocycles. The normalized spacial score (nSPS) is 14.7. The Kier molecular flexibility index (Phi) is 8.67. The molecule has 14 heavy (non-hydrogen) atoms. The molecule has 1 N–H and O–H groups in total. The van der Waals surface area contributed by atoms with E-state index in [1.54, 1.807) is 0 Å². The number of nitrogens with zero attached hydrogens (tertiary/aromatic N) is 1. The average Bonchev–Trinajstić information content (AvgIpc) is 2.21. The van der Waals surface area contributed by atoms with Crippen molar-refractivity contribution in [1.82, 2.24) is 5.32 Å². The molecular weight excluding hydrogens is 172 g/mol. The zero-order valence-electron chi connectivity index (χ0n) is 9.84. The third kappa shape index (κ3) is 8.07. The van der Waals surface area contributed by atoms with Gasteiger partial charge in [-0.1, -0.05) is 32.6 Å². The van der Waals surface area contributed by atoms with Crippen LogP contribution < -0.4 is 5.32 Å². The molecule has 0 aromatic rings.